The van der Waals surface area contributed by atoms with E-state index in [2.05, 4.69) is 9.69 Å². The third kappa shape index (κ3) is 5.83. The van der Waals surface area contributed by atoms with Crippen molar-refractivity contribution in [2.45, 2.75) is 46.2 Å². The molecule has 1 unspecified atom stereocenters. The van der Waals surface area contributed by atoms with E-state index in [1.165, 1.54) is 24.1 Å². The van der Waals surface area contributed by atoms with Crippen molar-refractivity contribution in [3.8, 4) is 11.5 Å². The highest BCUT2D eigenvalue weighted by Crippen LogP contribution is 2.38. The SMILES string of the molecule is COc1cc(C(C(=O)NC(C)(C)C)N(C(=O)c2snc(C(N)=O)c2N)c2ccc(C)cc2C)ccc1O. The van der Waals surface area contributed by atoms with Gasteiger partial charge in [-0.3, -0.25) is 19.3 Å². The second kappa shape index (κ2) is 10.5. The van der Waals surface area contributed by atoms with Crippen molar-refractivity contribution in [3.05, 3.63) is 63.7 Å². The van der Waals surface area contributed by atoms with E-state index in [4.69, 9.17) is 16.2 Å². The normalized spacial score (nSPS) is 12.1. The van der Waals surface area contributed by atoms with Crippen LogP contribution in [0.3, 0.4) is 0 Å². The lowest BCUT2D eigenvalue weighted by Gasteiger charge is -2.34. The molecule has 0 bridgehead atoms. The van der Waals surface area contributed by atoms with Crippen LogP contribution in [0.4, 0.5) is 11.4 Å². The zero-order valence-electron chi connectivity index (χ0n) is 21.6. The van der Waals surface area contributed by atoms with Gasteiger partial charge in [-0.05, 0) is 75.5 Å². The maximum atomic E-state index is 14.1. The predicted molar refractivity (Wildman–Crippen MR) is 143 cm³/mol. The van der Waals surface area contributed by atoms with E-state index in [1.807, 2.05) is 46.8 Å². The minimum absolute atomic E-state index is 0.0342. The van der Waals surface area contributed by atoms with E-state index in [0.29, 0.717) is 11.3 Å². The lowest BCUT2D eigenvalue weighted by atomic mass is 9.98. The summed E-state index contributed by atoms with van der Waals surface area (Å²) in [5.74, 6) is -1.98. The Balaban J connectivity index is 2.32. The number of carbonyl (C=O) groups excluding carboxylic acids is 3. The number of carbonyl (C=O) groups is 3. The molecule has 11 heteroatoms. The predicted octanol–water partition coefficient (Wildman–Crippen LogP) is 3.46. The molecule has 3 aromatic rings. The van der Waals surface area contributed by atoms with Crippen LogP contribution in [0, 0.1) is 13.8 Å². The molecule has 3 amide bonds. The highest BCUT2D eigenvalue weighted by Gasteiger charge is 2.38. The van der Waals surface area contributed by atoms with Gasteiger partial charge < -0.3 is 26.6 Å². The van der Waals surface area contributed by atoms with Crippen LogP contribution in [0.25, 0.3) is 0 Å². The van der Waals surface area contributed by atoms with Crippen LogP contribution < -0.4 is 26.4 Å². The van der Waals surface area contributed by atoms with Gasteiger partial charge >= 0.3 is 0 Å². The van der Waals surface area contributed by atoms with Gasteiger partial charge in [0, 0.05) is 11.2 Å². The number of amides is 3. The summed E-state index contributed by atoms with van der Waals surface area (Å²) in [5.41, 5.74) is 13.0. The van der Waals surface area contributed by atoms with E-state index in [0.717, 1.165) is 22.7 Å². The van der Waals surface area contributed by atoms with Crippen LogP contribution in [-0.4, -0.2) is 39.9 Å². The Morgan fingerprint density at radius 1 is 1.14 bits per heavy atom. The molecule has 196 valence electrons. The molecule has 0 spiro atoms. The smallest absolute Gasteiger partial charge is 0.273 e. The topological polar surface area (TPSA) is 161 Å². The van der Waals surface area contributed by atoms with Crippen LogP contribution in [0.5, 0.6) is 11.5 Å². The van der Waals surface area contributed by atoms with Crippen LogP contribution in [-0.2, 0) is 4.79 Å². The molecule has 1 heterocycles. The van der Waals surface area contributed by atoms with Crippen molar-refractivity contribution in [2.24, 2.45) is 5.73 Å². The first-order valence-electron chi connectivity index (χ1n) is 11.4. The zero-order valence-corrected chi connectivity index (χ0v) is 22.4. The maximum absolute atomic E-state index is 14.1. The number of phenolic OH excluding ortho intramolecular Hbond substituents is 1. The van der Waals surface area contributed by atoms with Gasteiger partial charge in [0.15, 0.2) is 17.2 Å². The van der Waals surface area contributed by atoms with Crippen molar-refractivity contribution in [1.82, 2.24) is 9.69 Å². The largest absolute Gasteiger partial charge is 0.504 e. The van der Waals surface area contributed by atoms with Crippen molar-refractivity contribution < 1.29 is 24.2 Å². The number of ether oxygens (including phenoxy) is 1. The molecule has 1 aromatic heterocycles. The Kier molecular flexibility index (Phi) is 7.77. The Labute approximate surface area is 219 Å². The van der Waals surface area contributed by atoms with Gasteiger partial charge in [-0.1, -0.05) is 23.8 Å². The van der Waals surface area contributed by atoms with Gasteiger partial charge in [0.25, 0.3) is 11.8 Å². The number of nitrogens with zero attached hydrogens (tertiary/aromatic N) is 2. The summed E-state index contributed by atoms with van der Waals surface area (Å²) in [5, 5.41) is 13.1. The van der Waals surface area contributed by atoms with Crippen LogP contribution >= 0.6 is 11.5 Å². The molecule has 6 N–H and O–H groups in total. The molecular formula is C26H31N5O5S. The second-order valence-electron chi connectivity index (χ2n) is 9.68. The molecule has 0 radical (unpaired) electrons. The molecule has 37 heavy (non-hydrogen) atoms. The Hall–Kier alpha value is -4.12. The Bertz CT molecular complexity index is 1360. The van der Waals surface area contributed by atoms with E-state index in [1.54, 1.807) is 12.1 Å². The summed E-state index contributed by atoms with van der Waals surface area (Å²) < 4.78 is 9.24. The fourth-order valence-corrected chi connectivity index (χ4v) is 4.64. The molecule has 0 saturated carbocycles. The number of rotatable bonds is 7. The van der Waals surface area contributed by atoms with Crippen molar-refractivity contribution in [1.29, 1.82) is 0 Å². The van der Waals surface area contributed by atoms with E-state index in [9.17, 15) is 19.5 Å². The lowest BCUT2D eigenvalue weighted by molar-refractivity contribution is -0.123. The third-order valence-corrected chi connectivity index (χ3v) is 6.36. The van der Waals surface area contributed by atoms with Crippen LogP contribution in [0.2, 0.25) is 0 Å². The van der Waals surface area contributed by atoms with Crippen LogP contribution in [0.15, 0.2) is 36.4 Å². The Morgan fingerprint density at radius 3 is 2.35 bits per heavy atom. The first-order valence-corrected chi connectivity index (χ1v) is 12.2. The van der Waals surface area contributed by atoms with Gasteiger partial charge in [-0.25, -0.2) is 0 Å². The maximum Gasteiger partial charge on any atom is 0.273 e. The van der Waals surface area contributed by atoms with Gasteiger partial charge in [0.2, 0.25) is 5.91 Å². The lowest BCUT2D eigenvalue weighted by Crippen LogP contribution is -2.49. The summed E-state index contributed by atoms with van der Waals surface area (Å²) in [6.07, 6.45) is 0. The van der Waals surface area contributed by atoms with E-state index < -0.39 is 29.3 Å². The number of nitrogens with one attached hydrogen (secondary N) is 1. The minimum atomic E-state index is -1.21. The fraction of sp³-hybridized carbons (Fsp3) is 0.308. The number of phenols is 1. The summed E-state index contributed by atoms with van der Waals surface area (Å²) in [6.45, 7) is 9.20. The highest BCUT2D eigenvalue weighted by atomic mass is 32.1. The number of aromatic nitrogens is 1. The number of primary amides is 1. The molecule has 0 aliphatic carbocycles. The van der Waals surface area contributed by atoms with Gasteiger partial charge in [-0.15, -0.1) is 0 Å². The highest BCUT2D eigenvalue weighted by molar-refractivity contribution is 7.09. The third-order valence-electron chi connectivity index (χ3n) is 5.51. The zero-order chi connectivity index (χ0) is 27.7. The molecule has 0 aliphatic heterocycles. The quantitative estimate of drug-likeness (QED) is 0.367. The fourth-order valence-electron chi connectivity index (χ4n) is 3.90. The number of hydrogen-bond acceptors (Lipinski definition) is 8. The minimum Gasteiger partial charge on any atom is -0.504 e. The standard InChI is InChI=1S/C26H31N5O5S/c1-13-7-9-16(14(2)11-13)31(25(35)22-19(27)20(23(28)33)30-37-22)21(24(34)29-26(3,4)5)15-8-10-17(32)18(12-15)36-6/h7-12,21,32H,27H2,1-6H3,(H2,28,33)(H,29,34). The molecule has 1 atom stereocenters. The number of aryl methyl sites for hydroxylation is 2. The molecule has 3 rings (SSSR count). The summed E-state index contributed by atoms with van der Waals surface area (Å²) in [7, 11) is 1.39. The summed E-state index contributed by atoms with van der Waals surface area (Å²) in [4.78, 5) is 41.0. The molecule has 10 nitrogen and oxygen atoms in total. The molecule has 0 aliphatic rings. The summed E-state index contributed by atoms with van der Waals surface area (Å²) in [6, 6.07) is 8.67. The first-order chi connectivity index (χ1) is 17.2. The molecule has 0 saturated heterocycles. The molecule has 0 fully saturated rings. The number of aromatic hydroxyl groups is 1. The second-order valence-corrected chi connectivity index (χ2v) is 10.4. The number of nitrogen functional groups attached to an aromatic ring is 1. The van der Waals surface area contributed by atoms with Crippen molar-refractivity contribution in [2.75, 3.05) is 17.7 Å². The number of anilines is 2. The summed E-state index contributed by atoms with van der Waals surface area (Å²) >= 11 is 0.729. The van der Waals surface area contributed by atoms with Gasteiger partial charge in [0.1, 0.15) is 10.9 Å². The number of benzene rings is 2. The van der Waals surface area contributed by atoms with Gasteiger partial charge in [-0.2, -0.15) is 4.37 Å². The number of hydrogen-bond donors (Lipinski definition) is 4. The first kappa shape index (κ1) is 27.5. The van der Waals surface area contributed by atoms with Gasteiger partial charge in [0.05, 0.1) is 12.8 Å². The Morgan fingerprint density at radius 2 is 1.81 bits per heavy atom. The average Bonchev–Trinajstić information content (AvgIpc) is 3.18. The number of methoxy groups -OCH3 is 1. The van der Waals surface area contributed by atoms with E-state index >= 15 is 0 Å². The number of nitrogens with two attached hydrogens (primary N) is 2. The van der Waals surface area contributed by atoms with Crippen molar-refractivity contribution in [3.63, 3.8) is 0 Å². The average molecular weight is 526 g/mol. The molecular weight excluding hydrogens is 494 g/mol. The molecule has 2 aromatic carbocycles. The monoisotopic (exact) mass is 525 g/mol. The van der Waals surface area contributed by atoms with E-state index in [-0.39, 0.29) is 27.8 Å². The van der Waals surface area contributed by atoms with Crippen molar-refractivity contribution >= 4 is 40.6 Å². The van der Waals surface area contributed by atoms with Crippen LogP contribution in [0.1, 0.15) is 63.7 Å².